The average molecular weight is 322 g/mol. The smallest absolute Gasteiger partial charge is 0.118 e. The highest BCUT2D eigenvalue weighted by Crippen LogP contribution is 2.27. The Morgan fingerprint density at radius 1 is 0.958 bits per heavy atom. The van der Waals surface area contributed by atoms with Crippen LogP contribution < -0.4 is 10.1 Å². The van der Waals surface area contributed by atoms with Gasteiger partial charge in [-0.05, 0) is 42.0 Å². The summed E-state index contributed by atoms with van der Waals surface area (Å²) >= 11 is 0. The summed E-state index contributed by atoms with van der Waals surface area (Å²) in [6, 6.07) is 22.9. The Morgan fingerprint density at radius 3 is 2.42 bits per heavy atom. The van der Waals surface area contributed by atoms with Crippen molar-refractivity contribution in [3.8, 4) is 5.75 Å². The molecule has 2 aromatic carbocycles. The van der Waals surface area contributed by atoms with Gasteiger partial charge in [-0.2, -0.15) is 0 Å². The van der Waals surface area contributed by atoms with Crippen LogP contribution in [0.2, 0.25) is 0 Å². The van der Waals surface area contributed by atoms with Crippen LogP contribution in [0.4, 0.5) is 0 Å². The van der Waals surface area contributed by atoms with Crippen LogP contribution in [0.25, 0.3) is 0 Å². The summed E-state index contributed by atoms with van der Waals surface area (Å²) in [5, 5.41) is 2.35. The number of furan rings is 1. The van der Waals surface area contributed by atoms with E-state index in [1.807, 2.05) is 18.2 Å². The molecule has 1 aromatic heterocycles. The normalized spacial score (nSPS) is 12.0. The summed E-state index contributed by atoms with van der Waals surface area (Å²) in [5.41, 5.74) is 2.62. The first kappa shape index (κ1) is 16.3. The summed E-state index contributed by atoms with van der Waals surface area (Å²) in [5.74, 6) is 2.26. The maximum atomic E-state index is 5.66. The van der Waals surface area contributed by atoms with E-state index in [0.29, 0.717) is 5.92 Å². The standard InChI is InChI=1S/C21H23NO2/c1-23-19-11-9-17(10-12-19)16-22-14-13-20(21-8-5-15-24-21)18-6-3-2-4-7-18/h2-12,15,20,22H,13-14,16H2,1H3/p+1/t20-/m1/s1. The number of nitrogens with two attached hydrogens (primary N) is 1. The number of hydrogen-bond acceptors (Lipinski definition) is 2. The summed E-state index contributed by atoms with van der Waals surface area (Å²) in [4.78, 5) is 0. The quantitative estimate of drug-likeness (QED) is 0.644. The fourth-order valence-corrected chi connectivity index (χ4v) is 2.96. The van der Waals surface area contributed by atoms with E-state index in [2.05, 4.69) is 53.8 Å². The van der Waals surface area contributed by atoms with E-state index in [1.54, 1.807) is 13.4 Å². The van der Waals surface area contributed by atoms with Crippen molar-refractivity contribution in [3.63, 3.8) is 0 Å². The molecule has 0 saturated heterocycles. The van der Waals surface area contributed by atoms with E-state index in [0.717, 1.165) is 31.0 Å². The van der Waals surface area contributed by atoms with E-state index in [4.69, 9.17) is 9.15 Å². The third kappa shape index (κ3) is 4.27. The Balaban J connectivity index is 1.56. The predicted molar refractivity (Wildman–Crippen MR) is 95.1 cm³/mol. The minimum atomic E-state index is 0.313. The van der Waals surface area contributed by atoms with Gasteiger partial charge in [-0.15, -0.1) is 0 Å². The summed E-state index contributed by atoms with van der Waals surface area (Å²) in [6.07, 6.45) is 2.81. The van der Waals surface area contributed by atoms with E-state index in [-0.39, 0.29) is 0 Å². The molecule has 0 aliphatic carbocycles. The molecule has 124 valence electrons. The molecule has 0 unspecified atom stereocenters. The van der Waals surface area contributed by atoms with Gasteiger partial charge in [0, 0.05) is 17.9 Å². The number of rotatable bonds is 8. The lowest BCUT2D eigenvalue weighted by Crippen LogP contribution is -2.82. The molecule has 0 saturated carbocycles. The largest absolute Gasteiger partial charge is 0.497 e. The van der Waals surface area contributed by atoms with Crippen molar-refractivity contribution in [2.24, 2.45) is 0 Å². The highest BCUT2D eigenvalue weighted by atomic mass is 16.5. The maximum Gasteiger partial charge on any atom is 0.118 e. The zero-order valence-electron chi connectivity index (χ0n) is 14.0. The van der Waals surface area contributed by atoms with Gasteiger partial charge in [0.05, 0.1) is 19.9 Å². The topological polar surface area (TPSA) is 39.0 Å². The van der Waals surface area contributed by atoms with Crippen LogP contribution in [0.5, 0.6) is 5.75 Å². The molecule has 3 rings (SSSR count). The molecule has 3 aromatic rings. The highest BCUT2D eigenvalue weighted by molar-refractivity contribution is 5.27. The molecule has 0 spiro atoms. The van der Waals surface area contributed by atoms with Crippen molar-refractivity contribution < 1.29 is 14.5 Å². The maximum absolute atomic E-state index is 5.66. The average Bonchev–Trinajstić information content (AvgIpc) is 3.17. The third-order valence-electron chi connectivity index (χ3n) is 4.29. The Morgan fingerprint density at radius 2 is 1.75 bits per heavy atom. The van der Waals surface area contributed by atoms with Crippen molar-refractivity contribution in [1.82, 2.24) is 0 Å². The minimum absolute atomic E-state index is 0.313. The van der Waals surface area contributed by atoms with Crippen LogP contribution in [-0.4, -0.2) is 13.7 Å². The van der Waals surface area contributed by atoms with Crippen molar-refractivity contribution in [2.75, 3.05) is 13.7 Å². The molecule has 0 aliphatic rings. The van der Waals surface area contributed by atoms with E-state index >= 15 is 0 Å². The molecule has 0 aliphatic heterocycles. The first-order chi connectivity index (χ1) is 11.9. The van der Waals surface area contributed by atoms with Gasteiger partial charge in [0.15, 0.2) is 0 Å². The number of methoxy groups -OCH3 is 1. The van der Waals surface area contributed by atoms with Crippen molar-refractivity contribution in [2.45, 2.75) is 18.9 Å². The van der Waals surface area contributed by atoms with Crippen molar-refractivity contribution in [1.29, 1.82) is 0 Å². The fraction of sp³-hybridized carbons (Fsp3) is 0.238. The van der Waals surface area contributed by atoms with E-state index in [1.165, 1.54) is 11.1 Å². The number of hydrogen-bond donors (Lipinski definition) is 1. The molecule has 0 bridgehead atoms. The summed E-state index contributed by atoms with van der Waals surface area (Å²) in [6.45, 7) is 2.02. The van der Waals surface area contributed by atoms with Gasteiger partial charge in [-0.25, -0.2) is 0 Å². The zero-order valence-corrected chi connectivity index (χ0v) is 14.0. The number of benzene rings is 2. The molecule has 0 fully saturated rings. The Bertz CT molecular complexity index is 705. The summed E-state index contributed by atoms with van der Waals surface area (Å²) in [7, 11) is 1.69. The monoisotopic (exact) mass is 322 g/mol. The van der Waals surface area contributed by atoms with Crippen molar-refractivity contribution >= 4 is 0 Å². The predicted octanol–water partition coefficient (Wildman–Crippen LogP) is 3.57. The van der Waals surface area contributed by atoms with Crippen LogP contribution in [0.1, 0.15) is 29.2 Å². The molecule has 24 heavy (non-hydrogen) atoms. The SMILES string of the molecule is COc1ccc(C[NH2+]CC[C@H](c2ccccc2)c2ccco2)cc1. The molecular formula is C21H24NO2+. The van der Waals surface area contributed by atoms with Gasteiger partial charge in [0.1, 0.15) is 18.1 Å². The lowest BCUT2D eigenvalue weighted by Gasteiger charge is -2.14. The molecule has 1 atom stereocenters. The Hall–Kier alpha value is -2.52. The molecular weight excluding hydrogens is 298 g/mol. The second-order valence-electron chi connectivity index (χ2n) is 5.90. The molecule has 0 radical (unpaired) electrons. The van der Waals surface area contributed by atoms with Crippen LogP contribution in [0.15, 0.2) is 77.4 Å². The van der Waals surface area contributed by atoms with Crippen molar-refractivity contribution in [3.05, 3.63) is 89.9 Å². The number of quaternary nitrogens is 1. The molecule has 3 nitrogen and oxygen atoms in total. The van der Waals surface area contributed by atoms with E-state index in [9.17, 15) is 0 Å². The first-order valence-corrected chi connectivity index (χ1v) is 8.40. The molecule has 3 heteroatoms. The van der Waals surface area contributed by atoms with Crippen LogP contribution >= 0.6 is 0 Å². The van der Waals surface area contributed by atoms with Gasteiger partial charge < -0.3 is 14.5 Å². The third-order valence-corrected chi connectivity index (χ3v) is 4.29. The van der Waals surface area contributed by atoms with Gasteiger partial charge >= 0.3 is 0 Å². The lowest BCUT2D eigenvalue weighted by atomic mass is 9.93. The second kappa shape index (κ2) is 8.37. The van der Waals surface area contributed by atoms with Crippen LogP contribution in [0, 0.1) is 0 Å². The molecule has 0 amide bonds. The Labute approximate surface area is 143 Å². The Kier molecular flexibility index (Phi) is 5.70. The molecule has 1 heterocycles. The second-order valence-corrected chi connectivity index (χ2v) is 5.90. The van der Waals surface area contributed by atoms with Gasteiger partial charge in [-0.3, -0.25) is 0 Å². The van der Waals surface area contributed by atoms with Gasteiger partial charge in [0.2, 0.25) is 0 Å². The van der Waals surface area contributed by atoms with Gasteiger partial charge in [-0.1, -0.05) is 30.3 Å². The fourth-order valence-electron chi connectivity index (χ4n) is 2.96. The highest BCUT2D eigenvalue weighted by Gasteiger charge is 2.17. The summed E-state index contributed by atoms with van der Waals surface area (Å²) < 4.78 is 10.9. The first-order valence-electron chi connectivity index (χ1n) is 8.40. The van der Waals surface area contributed by atoms with Gasteiger partial charge in [0.25, 0.3) is 0 Å². The minimum Gasteiger partial charge on any atom is -0.497 e. The molecule has 2 N–H and O–H groups in total. The lowest BCUT2D eigenvalue weighted by molar-refractivity contribution is -0.671. The van der Waals surface area contributed by atoms with E-state index < -0.39 is 0 Å². The number of ether oxygens (including phenoxy) is 1. The zero-order chi connectivity index (χ0) is 16.6. The van der Waals surface area contributed by atoms with Crippen LogP contribution in [0.3, 0.4) is 0 Å². The van der Waals surface area contributed by atoms with Crippen LogP contribution in [-0.2, 0) is 6.54 Å².